The molecule has 0 saturated heterocycles. The SMILES string of the molecule is CCCCCCCCCCCCN(CCCCCCCCCCCC)C(C)CC(=O)[O-].[K+]. The van der Waals surface area contributed by atoms with Crippen molar-refractivity contribution in [3.05, 3.63) is 0 Å². The van der Waals surface area contributed by atoms with Crippen LogP contribution < -0.4 is 56.5 Å². The van der Waals surface area contributed by atoms with Crippen molar-refractivity contribution in [3.63, 3.8) is 0 Å². The molecule has 0 fully saturated rings. The van der Waals surface area contributed by atoms with Crippen LogP contribution in [0.3, 0.4) is 0 Å². The Bertz CT molecular complexity index is 354. The zero-order valence-electron chi connectivity index (χ0n) is 22.6. The number of rotatable bonds is 25. The summed E-state index contributed by atoms with van der Waals surface area (Å²) in [6, 6.07) is 0.0992. The van der Waals surface area contributed by atoms with Crippen LogP contribution in [0.2, 0.25) is 0 Å². The zero-order chi connectivity index (χ0) is 23.0. The molecule has 0 N–H and O–H groups in total. The van der Waals surface area contributed by atoms with Crippen LogP contribution in [0.5, 0.6) is 0 Å². The van der Waals surface area contributed by atoms with Gasteiger partial charge in [-0.05, 0) is 32.9 Å². The summed E-state index contributed by atoms with van der Waals surface area (Å²) in [6.45, 7) is 8.69. The number of carbonyl (C=O) groups is 1. The van der Waals surface area contributed by atoms with E-state index in [1.54, 1.807) is 0 Å². The number of unbranched alkanes of at least 4 members (excludes halogenated alkanes) is 18. The maximum absolute atomic E-state index is 11.1. The number of hydrogen-bond acceptors (Lipinski definition) is 3. The van der Waals surface area contributed by atoms with E-state index in [0.29, 0.717) is 0 Å². The predicted molar refractivity (Wildman–Crippen MR) is 134 cm³/mol. The van der Waals surface area contributed by atoms with Gasteiger partial charge >= 0.3 is 51.4 Å². The van der Waals surface area contributed by atoms with Gasteiger partial charge in [0.25, 0.3) is 0 Å². The van der Waals surface area contributed by atoms with Gasteiger partial charge in [0.05, 0.1) is 0 Å². The Morgan fingerprint density at radius 1 is 0.594 bits per heavy atom. The number of carboxylic acids is 1. The summed E-state index contributed by atoms with van der Waals surface area (Å²) >= 11 is 0. The normalized spacial score (nSPS) is 12.1. The van der Waals surface area contributed by atoms with Gasteiger partial charge < -0.3 is 14.8 Å². The number of carboxylic acid groups (broad SMARTS) is 1. The molecule has 0 aliphatic rings. The van der Waals surface area contributed by atoms with Crippen LogP contribution in [-0.2, 0) is 4.79 Å². The van der Waals surface area contributed by atoms with E-state index in [1.165, 1.54) is 128 Å². The van der Waals surface area contributed by atoms with Crippen LogP contribution >= 0.6 is 0 Å². The van der Waals surface area contributed by atoms with Crippen molar-refractivity contribution in [1.82, 2.24) is 4.90 Å². The predicted octanol–water partition coefficient (Wildman–Crippen LogP) is 4.66. The van der Waals surface area contributed by atoms with Crippen molar-refractivity contribution in [2.24, 2.45) is 0 Å². The summed E-state index contributed by atoms with van der Waals surface area (Å²) in [4.78, 5) is 13.5. The summed E-state index contributed by atoms with van der Waals surface area (Å²) < 4.78 is 0. The summed E-state index contributed by atoms with van der Waals surface area (Å²) in [7, 11) is 0. The van der Waals surface area contributed by atoms with Crippen LogP contribution in [0.1, 0.15) is 156 Å². The molecule has 4 heteroatoms. The van der Waals surface area contributed by atoms with E-state index in [1.807, 2.05) is 0 Å². The molecule has 186 valence electrons. The van der Waals surface area contributed by atoms with Gasteiger partial charge in [-0.15, -0.1) is 0 Å². The molecule has 1 atom stereocenters. The molecule has 0 amide bonds. The van der Waals surface area contributed by atoms with Gasteiger partial charge in [0.2, 0.25) is 0 Å². The quantitative estimate of drug-likeness (QED) is 0.142. The van der Waals surface area contributed by atoms with Crippen LogP contribution in [0, 0.1) is 0 Å². The monoisotopic (exact) mass is 477 g/mol. The molecule has 0 aliphatic carbocycles. The van der Waals surface area contributed by atoms with Crippen LogP contribution in [0.25, 0.3) is 0 Å². The van der Waals surface area contributed by atoms with E-state index in [9.17, 15) is 9.90 Å². The van der Waals surface area contributed by atoms with Crippen molar-refractivity contribution in [2.45, 2.75) is 162 Å². The third-order valence-electron chi connectivity index (χ3n) is 6.68. The molecule has 32 heavy (non-hydrogen) atoms. The summed E-state index contributed by atoms with van der Waals surface area (Å²) in [5.74, 6) is -0.913. The summed E-state index contributed by atoms with van der Waals surface area (Å²) in [6.07, 6.45) is 27.1. The van der Waals surface area contributed by atoms with Gasteiger partial charge in [-0.25, -0.2) is 0 Å². The third kappa shape index (κ3) is 25.7. The molecule has 0 radical (unpaired) electrons. The van der Waals surface area contributed by atoms with Crippen molar-refractivity contribution in [1.29, 1.82) is 0 Å². The Hall–Kier alpha value is 1.07. The second-order valence-electron chi connectivity index (χ2n) is 9.83. The number of nitrogens with zero attached hydrogens (tertiary/aromatic N) is 1. The Kier molecular flexibility index (Phi) is 31.2. The Morgan fingerprint density at radius 2 is 0.875 bits per heavy atom. The molecule has 0 aliphatic heterocycles. The van der Waals surface area contributed by atoms with E-state index in [0.717, 1.165) is 13.1 Å². The fraction of sp³-hybridized carbons (Fsp3) is 0.964. The molecule has 0 bridgehead atoms. The fourth-order valence-electron chi connectivity index (χ4n) is 4.53. The van der Waals surface area contributed by atoms with E-state index >= 15 is 0 Å². The first-order chi connectivity index (χ1) is 15.1. The first kappa shape index (κ1) is 35.2. The standard InChI is InChI=1S/C28H57NO2.K/c1-4-6-8-10-12-14-16-18-20-22-24-29(27(3)26-28(30)31)25-23-21-19-17-15-13-11-9-7-5-2;/h27H,4-26H2,1-3H3,(H,30,31);/q;+1/p-1. The molecule has 0 rings (SSSR count). The average molecular weight is 478 g/mol. The molecule has 0 aromatic carbocycles. The summed E-state index contributed by atoms with van der Waals surface area (Å²) in [5, 5.41) is 11.1. The second-order valence-corrected chi connectivity index (χ2v) is 9.83. The molecule has 0 aromatic rings. The van der Waals surface area contributed by atoms with E-state index < -0.39 is 5.97 Å². The van der Waals surface area contributed by atoms with Crippen molar-refractivity contribution in [2.75, 3.05) is 13.1 Å². The van der Waals surface area contributed by atoms with Gasteiger partial charge in [-0.2, -0.15) is 0 Å². The van der Waals surface area contributed by atoms with Gasteiger partial charge in [-0.1, -0.05) is 129 Å². The minimum atomic E-state index is -0.913. The molecule has 0 heterocycles. The fourth-order valence-corrected chi connectivity index (χ4v) is 4.53. The molecule has 1 unspecified atom stereocenters. The van der Waals surface area contributed by atoms with Crippen molar-refractivity contribution >= 4 is 5.97 Å². The van der Waals surface area contributed by atoms with Gasteiger partial charge in [0.15, 0.2) is 0 Å². The number of hydrogen-bond donors (Lipinski definition) is 0. The van der Waals surface area contributed by atoms with E-state index in [2.05, 4.69) is 25.7 Å². The van der Waals surface area contributed by atoms with Gasteiger partial charge in [0, 0.05) is 18.4 Å². The molecule has 0 aromatic heterocycles. The number of carbonyl (C=O) groups excluding carboxylic acids is 1. The van der Waals surface area contributed by atoms with Crippen LogP contribution in [-0.4, -0.2) is 30.0 Å². The molecular weight excluding hydrogens is 421 g/mol. The van der Waals surface area contributed by atoms with Gasteiger partial charge in [0.1, 0.15) is 0 Å². The smallest absolute Gasteiger partial charge is 0.550 e. The van der Waals surface area contributed by atoms with Gasteiger partial charge in [-0.3, -0.25) is 0 Å². The largest absolute Gasteiger partial charge is 1.00 e. The average Bonchev–Trinajstić information content (AvgIpc) is 2.74. The topological polar surface area (TPSA) is 43.4 Å². The molecule has 3 nitrogen and oxygen atoms in total. The minimum Gasteiger partial charge on any atom is -0.550 e. The maximum atomic E-state index is 11.1. The zero-order valence-corrected chi connectivity index (χ0v) is 25.7. The van der Waals surface area contributed by atoms with Crippen LogP contribution in [0.15, 0.2) is 0 Å². The first-order valence-corrected chi connectivity index (χ1v) is 14.1. The Labute approximate surface area is 244 Å². The Morgan fingerprint density at radius 3 is 1.16 bits per heavy atom. The van der Waals surface area contributed by atoms with Crippen molar-refractivity contribution in [3.8, 4) is 0 Å². The first-order valence-electron chi connectivity index (χ1n) is 14.1. The third-order valence-corrected chi connectivity index (χ3v) is 6.68. The van der Waals surface area contributed by atoms with E-state index in [-0.39, 0.29) is 63.8 Å². The maximum Gasteiger partial charge on any atom is 1.00 e. The number of aliphatic carboxylic acids is 1. The Balaban J connectivity index is 0. The summed E-state index contributed by atoms with van der Waals surface area (Å²) in [5.41, 5.74) is 0. The molecule has 0 spiro atoms. The van der Waals surface area contributed by atoms with E-state index in [4.69, 9.17) is 0 Å². The van der Waals surface area contributed by atoms with Crippen molar-refractivity contribution < 1.29 is 61.3 Å². The minimum absolute atomic E-state index is 0. The molecular formula is C28H56KNO2. The second kappa shape index (κ2) is 28.3. The van der Waals surface area contributed by atoms with Crippen LogP contribution in [0.4, 0.5) is 0 Å². The molecule has 0 saturated carbocycles.